The van der Waals surface area contributed by atoms with Gasteiger partial charge < -0.3 is 4.74 Å². The van der Waals surface area contributed by atoms with Crippen LogP contribution in [0.3, 0.4) is 0 Å². The molecule has 0 unspecified atom stereocenters. The van der Waals surface area contributed by atoms with Gasteiger partial charge in [0.05, 0.1) is 0 Å². The first-order valence-electron chi connectivity index (χ1n) is 6.20. The monoisotopic (exact) mass is 299 g/mol. The van der Waals surface area contributed by atoms with Crippen LogP contribution in [-0.4, -0.2) is 11.0 Å². The van der Waals surface area contributed by atoms with Crippen LogP contribution in [0.2, 0.25) is 0 Å². The van der Waals surface area contributed by atoms with Crippen LogP contribution >= 0.6 is 11.3 Å². The zero-order valence-corrected chi connectivity index (χ0v) is 11.6. The average molecular weight is 299 g/mol. The van der Waals surface area contributed by atoms with Gasteiger partial charge in [-0.15, -0.1) is 0 Å². The largest absolute Gasteiger partial charge is 0.422 e. The minimum atomic E-state index is -0.555. The van der Waals surface area contributed by atoms with Gasteiger partial charge in [-0.25, -0.2) is 4.79 Å². The Hall–Kier alpha value is -2.53. The van der Waals surface area contributed by atoms with E-state index >= 15 is 0 Å². The van der Waals surface area contributed by atoms with Crippen molar-refractivity contribution in [3.63, 3.8) is 0 Å². The lowest BCUT2D eigenvalue weighted by atomic mass is 10.1. The number of aromatic nitrogens is 1. The fourth-order valence-electron chi connectivity index (χ4n) is 1.84. The number of benzene rings is 1. The van der Waals surface area contributed by atoms with Gasteiger partial charge in [0.15, 0.2) is 5.13 Å². The van der Waals surface area contributed by atoms with Crippen molar-refractivity contribution in [2.24, 2.45) is 0 Å². The van der Waals surface area contributed by atoms with Gasteiger partial charge in [-0.1, -0.05) is 23.5 Å². The molecule has 21 heavy (non-hydrogen) atoms. The number of esters is 1. The van der Waals surface area contributed by atoms with Gasteiger partial charge in [0.25, 0.3) is 0 Å². The van der Waals surface area contributed by atoms with Crippen molar-refractivity contribution in [3.05, 3.63) is 70.9 Å². The number of pyridine rings is 1. The Labute approximate surface area is 124 Å². The van der Waals surface area contributed by atoms with Crippen LogP contribution in [0.1, 0.15) is 9.67 Å². The van der Waals surface area contributed by atoms with Crippen molar-refractivity contribution >= 4 is 17.3 Å². The molecule has 0 radical (unpaired) electrons. The molecule has 0 aliphatic carbocycles. The van der Waals surface area contributed by atoms with E-state index < -0.39 is 11.1 Å². The van der Waals surface area contributed by atoms with E-state index in [0.717, 1.165) is 22.5 Å². The highest BCUT2D eigenvalue weighted by Gasteiger charge is 2.11. The molecule has 0 aliphatic rings. The summed E-state index contributed by atoms with van der Waals surface area (Å²) in [7, 11) is 0. The quantitative estimate of drug-likeness (QED) is 0.538. The van der Waals surface area contributed by atoms with Crippen molar-refractivity contribution in [3.8, 4) is 16.9 Å². The first kappa shape index (κ1) is 13.5. The Kier molecular flexibility index (Phi) is 3.75. The van der Waals surface area contributed by atoms with E-state index in [9.17, 15) is 9.18 Å². The van der Waals surface area contributed by atoms with Crippen LogP contribution in [0.4, 0.5) is 4.39 Å². The van der Waals surface area contributed by atoms with Gasteiger partial charge in [0, 0.05) is 12.4 Å². The fraction of sp³-hybridized carbons (Fsp3) is 0. The molecule has 0 atom stereocenters. The maximum Gasteiger partial charge on any atom is 0.353 e. The second kappa shape index (κ2) is 5.85. The van der Waals surface area contributed by atoms with E-state index in [0.29, 0.717) is 5.75 Å². The summed E-state index contributed by atoms with van der Waals surface area (Å²) in [5.74, 6) is -0.132. The van der Waals surface area contributed by atoms with Crippen molar-refractivity contribution in [1.29, 1.82) is 0 Å². The number of thiophene rings is 1. The van der Waals surface area contributed by atoms with Gasteiger partial charge >= 0.3 is 5.97 Å². The van der Waals surface area contributed by atoms with Crippen LogP contribution in [0.5, 0.6) is 5.75 Å². The number of halogens is 1. The number of hydrogen-bond donors (Lipinski definition) is 0. The summed E-state index contributed by atoms with van der Waals surface area (Å²) in [5, 5.41) is -0.407. The summed E-state index contributed by atoms with van der Waals surface area (Å²) >= 11 is 0.767. The molecule has 0 aliphatic heterocycles. The molecule has 0 saturated heterocycles. The molecule has 0 saturated carbocycles. The van der Waals surface area contributed by atoms with Crippen LogP contribution < -0.4 is 4.74 Å². The predicted octanol–water partition coefficient (Wildman–Crippen LogP) is 4.17. The molecule has 2 aromatic heterocycles. The van der Waals surface area contributed by atoms with Gasteiger partial charge in [-0.3, -0.25) is 4.98 Å². The van der Waals surface area contributed by atoms with Gasteiger partial charge in [0.1, 0.15) is 10.6 Å². The Bertz CT molecular complexity index is 753. The molecule has 3 nitrogen and oxygen atoms in total. The van der Waals surface area contributed by atoms with Crippen LogP contribution in [0.15, 0.2) is 60.9 Å². The first-order valence-corrected chi connectivity index (χ1v) is 7.02. The molecular formula is C16H10FNO2S. The molecule has 5 heteroatoms. The van der Waals surface area contributed by atoms with E-state index in [1.54, 1.807) is 24.5 Å². The maximum atomic E-state index is 12.9. The molecule has 0 bridgehead atoms. The molecule has 0 spiro atoms. The maximum absolute atomic E-state index is 12.9. The second-order valence-electron chi connectivity index (χ2n) is 4.25. The number of rotatable bonds is 3. The molecule has 104 valence electrons. The van der Waals surface area contributed by atoms with E-state index in [2.05, 4.69) is 4.98 Å². The minimum Gasteiger partial charge on any atom is -0.422 e. The summed E-state index contributed by atoms with van der Waals surface area (Å²) in [6.45, 7) is 0. The Morgan fingerprint density at radius 3 is 2.24 bits per heavy atom. The summed E-state index contributed by atoms with van der Waals surface area (Å²) in [5.41, 5.74) is 2.03. The van der Waals surface area contributed by atoms with Gasteiger partial charge in [-0.2, -0.15) is 4.39 Å². The van der Waals surface area contributed by atoms with E-state index in [-0.39, 0.29) is 4.88 Å². The summed E-state index contributed by atoms with van der Waals surface area (Å²) < 4.78 is 18.1. The highest BCUT2D eigenvalue weighted by molar-refractivity contribution is 7.12. The zero-order chi connectivity index (χ0) is 14.7. The topological polar surface area (TPSA) is 39.2 Å². The van der Waals surface area contributed by atoms with Crippen LogP contribution in [0.25, 0.3) is 11.1 Å². The molecule has 0 N–H and O–H groups in total. The molecule has 0 amide bonds. The van der Waals surface area contributed by atoms with Gasteiger partial charge in [-0.05, 0) is 47.5 Å². The molecule has 1 aromatic carbocycles. The van der Waals surface area contributed by atoms with Crippen molar-refractivity contribution in [2.75, 3.05) is 0 Å². The Morgan fingerprint density at radius 2 is 1.62 bits per heavy atom. The molecule has 0 fully saturated rings. The molecule has 3 rings (SSSR count). The lowest BCUT2D eigenvalue weighted by molar-refractivity contribution is 0.0740. The van der Waals surface area contributed by atoms with E-state index in [1.807, 2.05) is 24.3 Å². The van der Waals surface area contributed by atoms with E-state index in [4.69, 9.17) is 4.74 Å². The van der Waals surface area contributed by atoms with Gasteiger partial charge in [0.2, 0.25) is 0 Å². The lowest BCUT2D eigenvalue weighted by Gasteiger charge is -2.04. The standard InChI is InChI=1S/C16H10FNO2S/c17-15-6-5-14(21-15)16(19)20-13-3-1-11(2-4-13)12-7-9-18-10-8-12/h1-10H. The van der Waals surface area contributed by atoms with Crippen molar-refractivity contribution in [2.45, 2.75) is 0 Å². The molecular weight excluding hydrogens is 289 g/mol. The number of hydrogen-bond acceptors (Lipinski definition) is 4. The fourth-order valence-corrected chi connectivity index (χ4v) is 2.45. The average Bonchev–Trinajstić information content (AvgIpc) is 2.96. The highest BCUT2D eigenvalue weighted by atomic mass is 32.1. The van der Waals surface area contributed by atoms with Crippen LogP contribution in [0, 0.1) is 5.13 Å². The number of ether oxygens (including phenoxy) is 1. The van der Waals surface area contributed by atoms with Crippen LogP contribution in [-0.2, 0) is 0 Å². The Balaban J connectivity index is 1.74. The lowest BCUT2D eigenvalue weighted by Crippen LogP contribution is -2.06. The number of carbonyl (C=O) groups is 1. The normalized spacial score (nSPS) is 10.3. The first-order chi connectivity index (χ1) is 10.2. The predicted molar refractivity (Wildman–Crippen MR) is 78.9 cm³/mol. The highest BCUT2D eigenvalue weighted by Crippen LogP contribution is 2.23. The number of nitrogens with zero attached hydrogens (tertiary/aromatic N) is 1. The molecule has 2 heterocycles. The third kappa shape index (κ3) is 3.14. The van der Waals surface area contributed by atoms with Crippen molar-refractivity contribution < 1.29 is 13.9 Å². The number of carbonyl (C=O) groups excluding carboxylic acids is 1. The summed E-state index contributed by atoms with van der Waals surface area (Å²) in [6, 6.07) is 13.6. The third-order valence-corrected chi connectivity index (χ3v) is 3.71. The smallest absolute Gasteiger partial charge is 0.353 e. The summed E-state index contributed by atoms with van der Waals surface area (Å²) in [4.78, 5) is 16.0. The Morgan fingerprint density at radius 1 is 0.952 bits per heavy atom. The SMILES string of the molecule is O=C(Oc1ccc(-c2ccncc2)cc1)c1ccc(F)s1. The minimum absolute atomic E-state index is 0.241. The zero-order valence-electron chi connectivity index (χ0n) is 10.8. The van der Waals surface area contributed by atoms with E-state index in [1.165, 1.54) is 12.1 Å². The van der Waals surface area contributed by atoms with Crippen molar-refractivity contribution in [1.82, 2.24) is 4.98 Å². The summed E-state index contributed by atoms with van der Waals surface area (Å²) in [6.07, 6.45) is 3.43. The second-order valence-corrected chi connectivity index (χ2v) is 5.29. The third-order valence-electron chi connectivity index (χ3n) is 2.85. The molecule has 3 aromatic rings.